The molecule has 0 aliphatic carbocycles. The normalized spacial score (nSPS) is 11.7. The number of rotatable bonds is 11. The van der Waals surface area contributed by atoms with E-state index >= 15 is 0 Å². The van der Waals surface area contributed by atoms with Crippen molar-refractivity contribution in [1.82, 2.24) is 15.1 Å². The number of hydrogen-bond donors (Lipinski definition) is 1. The number of pyridine rings is 1. The van der Waals surface area contributed by atoms with E-state index in [1.165, 1.54) is 12.1 Å². The lowest BCUT2D eigenvalue weighted by Crippen LogP contribution is -2.30. The van der Waals surface area contributed by atoms with Crippen LogP contribution in [-0.2, 0) is 14.6 Å². The fourth-order valence-corrected chi connectivity index (χ4v) is 5.36. The summed E-state index contributed by atoms with van der Waals surface area (Å²) < 4.78 is 40.8. The van der Waals surface area contributed by atoms with Crippen LogP contribution in [0.5, 0.6) is 5.88 Å². The fraction of sp³-hybridized carbons (Fsp3) is 0.231. The summed E-state index contributed by atoms with van der Waals surface area (Å²) in [4.78, 5) is 19.7. The number of carbonyl (C=O) groups is 1. The Morgan fingerprint density at radius 1 is 0.947 bits per heavy atom. The van der Waals surface area contributed by atoms with E-state index in [4.69, 9.17) is 9.47 Å². The van der Waals surface area contributed by atoms with Crippen LogP contribution < -0.4 is 9.64 Å². The van der Waals surface area contributed by atoms with Gasteiger partial charge in [-0.15, -0.1) is 0 Å². The predicted octanol–water partition coefficient (Wildman–Crippen LogP) is 3.97. The monoisotopic (exact) mass is 536 g/mol. The minimum absolute atomic E-state index is 0.0660. The Morgan fingerprint density at radius 2 is 1.68 bits per heavy atom. The summed E-state index contributed by atoms with van der Waals surface area (Å²) in [5.41, 5.74) is 2.08. The van der Waals surface area contributed by atoms with Crippen molar-refractivity contribution in [2.75, 3.05) is 13.2 Å². The average molecular weight is 537 g/mol. The van der Waals surface area contributed by atoms with E-state index in [9.17, 15) is 18.4 Å². The molecule has 1 N–H and O–H groups in total. The van der Waals surface area contributed by atoms with Gasteiger partial charge in [0.05, 0.1) is 35.0 Å². The van der Waals surface area contributed by atoms with Gasteiger partial charge in [-0.25, -0.2) is 18.2 Å². The van der Waals surface area contributed by atoms with Crippen LogP contribution in [0.1, 0.15) is 36.2 Å². The van der Waals surface area contributed by atoms with Crippen molar-refractivity contribution in [3.05, 3.63) is 77.8 Å². The standard InChI is InChI=1S/C26H24N4O7S/c31-26(22-16-20-19-12-6-7-13-21(19)28-23(20)17-27-22)36-15-9-2-1-8-14-35-24-25(30(32)37-29-24)38(33,34)18-10-4-3-5-11-18/h3-7,10-13,16-17,28H,1-2,8-9,14-15H2. The minimum Gasteiger partial charge on any atom is -0.461 e. The van der Waals surface area contributed by atoms with Gasteiger partial charge in [0.15, 0.2) is 0 Å². The van der Waals surface area contributed by atoms with Crippen LogP contribution in [0.15, 0.2) is 81.4 Å². The third-order valence-electron chi connectivity index (χ3n) is 5.97. The average Bonchev–Trinajstić information content (AvgIpc) is 3.50. The molecule has 0 bridgehead atoms. The Balaban J connectivity index is 1.06. The summed E-state index contributed by atoms with van der Waals surface area (Å²) in [6.07, 6.45) is 4.32. The van der Waals surface area contributed by atoms with E-state index in [1.807, 2.05) is 24.3 Å². The van der Waals surface area contributed by atoms with Gasteiger partial charge in [0.2, 0.25) is 0 Å². The van der Waals surface area contributed by atoms with Crippen molar-refractivity contribution in [3.63, 3.8) is 0 Å². The summed E-state index contributed by atoms with van der Waals surface area (Å²) in [5.74, 6) is -0.859. The Bertz CT molecular complexity index is 1680. The lowest BCUT2D eigenvalue weighted by Gasteiger charge is -2.05. The number of sulfone groups is 1. The Hall–Kier alpha value is -4.45. The zero-order chi connectivity index (χ0) is 26.5. The molecule has 0 spiro atoms. The zero-order valence-electron chi connectivity index (χ0n) is 20.2. The summed E-state index contributed by atoms with van der Waals surface area (Å²) in [6, 6.07) is 17.1. The second-order valence-corrected chi connectivity index (χ2v) is 10.4. The zero-order valence-corrected chi connectivity index (χ0v) is 21.0. The largest absolute Gasteiger partial charge is 0.461 e. The summed E-state index contributed by atoms with van der Waals surface area (Å²) in [5, 5.41) is 16.6. The van der Waals surface area contributed by atoms with E-state index in [0.29, 0.717) is 12.8 Å². The Kier molecular flexibility index (Phi) is 7.22. The van der Waals surface area contributed by atoms with Gasteiger partial charge in [0.1, 0.15) is 5.69 Å². The number of benzene rings is 2. The van der Waals surface area contributed by atoms with E-state index in [0.717, 1.165) is 34.6 Å². The van der Waals surface area contributed by atoms with Gasteiger partial charge in [-0.05, 0) is 54.9 Å². The number of hydrogen-bond acceptors (Lipinski definition) is 9. The number of esters is 1. The molecule has 11 nitrogen and oxygen atoms in total. The number of aromatic nitrogens is 4. The van der Waals surface area contributed by atoms with Crippen LogP contribution in [0, 0.1) is 5.21 Å². The Morgan fingerprint density at radius 3 is 2.50 bits per heavy atom. The van der Waals surface area contributed by atoms with Crippen molar-refractivity contribution in [1.29, 1.82) is 0 Å². The molecule has 0 radical (unpaired) electrons. The van der Waals surface area contributed by atoms with Crippen LogP contribution in [0.2, 0.25) is 0 Å². The number of fused-ring (bicyclic) bond motifs is 3. The van der Waals surface area contributed by atoms with Crippen molar-refractivity contribution in [2.45, 2.75) is 35.6 Å². The second kappa shape index (κ2) is 10.9. The molecule has 12 heteroatoms. The molecule has 0 atom stereocenters. The van der Waals surface area contributed by atoms with E-state index in [-0.39, 0.29) is 34.6 Å². The molecule has 0 fully saturated rings. The lowest BCUT2D eigenvalue weighted by molar-refractivity contribution is -0.832. The first-order valence-corrected chi connectivity index (χ1v) is 13.5. The van der Waals surface area contributed by atoms with E-state index in [1.54, 1.807) is 30.5 Å². The number of unbranched alkanes of at least 4 members (excludes halogenated alkanes) is 3. The highest BCUT2D eigenvalue weighted by Gasteiger charge is 2.35. The first kappa shape index (κ1) is 25.2. The van der Waals surface area contributed by atoms with Gasteiger partial charge in [0, 0.05) is 16.3 Å². The third-order valence-corrected chi connectivity index (χ3v) is 7.69. The first-order chi connectivity index (χ1) is 18.4. The molecule has 0 saturated carbocycles. The number of nitrogens with one attached hydrogen (secondary N) is 1. The summed E-state index contributed by atoms with van der Waals surface area (Å²) >= 11 is 0. The molecule has 5 aromatic rings. The molecule has 0 saturated heterocycles. The number of H-pyrrole nitrogens is 1. The van der Waals surface area contributed by atoms with Gasteiger partial charge in [-0.3, -0.25) is 4.63 Å². The molecule has 0 aliphatic heterocycles. The Labute approximate surface area is 217 Å². The molecular formula is C26H24N4O7S. The third kappa shape index (κ3) is 5.16. The molecule has 0 amide bonds. The maximum absolute atomic E-state index is 12.8. The second-order valence-electron chi connectivity index (χ2n) is 8.54. The van der Waals surface area contributed by atoms with Crippen LogP contribution in [0.3, 0.4) is 0 Å². The highest BCUT2D eigenvalue weighted by Crippen LogP contribution is 2.26. The van der Waals surface area contributed by atoms with Crippen molar-refractivity contribution in [2.24, 2.45) is 0 Å². The molecular weight excluding hydrogens is 512 g/mol. The highest BCUT2D eigenvalue weighted by molar-refractivity contribution is 7.91. The van der Waals surface area contributed by atoms with Crippen LogP contribution in [0.4, 0.5) is 0 Å². The minimum atomic E-state index is -4.15. The molecule has 38 heavy (non-hydrogen) atoms. The maximum Gasteiger partial charge on any atom is 0.414 e. The SMILES string of the molecule is O=C(OCCCCCCOc1no[n+]([O-])c1S(=O)(=O)c1ccccc1)c1cc2c(cn1)[nH]c1ccccc12. The summed E-state index contributed by atoms with van der Waals surface area (Å²) in [6.45, 7) is 0.379. The van der Waals surface area contributed by atoms with Crippen LogP contribution in [0.25, 0.3) is 21.8 Å². The molecule has 196 valence electrons. The molecule has 0 aliphatic rings. The molecule has 3 heterocycles. The van der Waals surface area contributed by atoms with E-state index < -0.39 is 20.8 Å². The number of nitrogens with zero attached hydrogens (tertiary/aromatic N) is 3. The highest BCUT2D eigenvalue weighted by atomic mass is 32.2. The van der Waals surface area contributed by atoms with Crippen molar-refractivity contribution >= 4 is 37.6 Å². The van der Waals surface area contributed by atoms with Gasteiger partial charge in [-0.2, -0.15) is 0 Å². The molecule has 0 unspecified atom stereocenters. The van der Waals surface area contributed by atoms with Crippen LogP contribution in [-0.4, -0.2) is 42.7 Å². The quantitative estimate of drug-likeness (QED) is 0.150. The number of aromatic amines is 1. The van der Waals surface area contributed by atoms with Gasteiger partial charge < -0.3 is 19.7 Å². The summed E-state index contributed by atoms with van der Waals surface area (Å²) in [7, 11) is -4.15. The van der Waals surface area contributed by atoms with Gasteiger partial charge >= 0.3 is 16.9 Å². The first-order valence-electron chi connectivity index (χ1n) is 12.0. The van der Waals surface area contributed by atoms with Gasteiger partial charge in [-0.1, -0.05) is 36.4 Å². The smallest absolute Gasteiger partial charge is 0.414 e. The lowest BCUT2D eigenvalue weighted by atomic mass is 10.1. The van der Waals surface area contributed by atoms with Gasteiger partial charge in [0.25, 0.3) is 9.84 Å². The predicted molar refractivity (Wildman–Crippen MR) is 135 cm³/mol. The molecule has 3 aromatic heterocycles. The maximum atomic E-state index is 12.8. The van der Waals surface area contributed by atoms with E-state index in [2.05, 4.69) is 19.8 Å². The van der Waals surface area contributed by atoms with Crippen molar-refractivity contribution in [3.8, 4) is 5.88 Å². The van der Waals surface area contributed by atoms with Crippen molar-refractivity contribution < 1.29 is 32.2 Å². The molecule has 2 aromatic carbocycles. The fourth-order valence-electron chi connectivity index (χ4n) is 4.07. The number of para-hydroxylation sites is 1. The van der Waals surface area contributed by atoms with Crippen LogP contribution >= 0.6 is 0 Å². The molecule has 5 rings (SSSR count). The number of ether oxygens (including phenoxy) is 2. The topological polar surface area (TPSA) is 151 Å². The number of carbonyl (C=O) groups excluding carboxylic acids is 1.